The summed E-state index contributed by atoms with van der Waals surface area (Å²) in [7, 11) is 0. The molecule has 122 valence electrons. The second-order valence-electron chi connectivity index (χ2n) is 5.26. The number of carbonyl (C=O) groups excluding carboxylic acids is 1. The number of aromatic hydroxyl groups is 1. The molecular weight excluding hydrogens is 303 g/mol. The number of halogens is 1. The molecular formula is C15H17FN4O3. The van der Waals surface area contributed by atoms with Crippen LogP contribution in [0.15, 0.2) is 18.2 Å². The third-order valence-electron chi connectivity index (χ3n) is 3.72. The van der Waals surface area contributed by atoms with Crippen LogP contribution in [0, 0.1) is 5.82 Å². The number of phenolic OH excluding ortho intramolecular Hbond substituents is 1. The molecule has 8 heteroatoms. The highest BCUT2D eigenvalue weighted by atomic mass is 19.1. The van der Waals surface area contributed by atoms with Gasteiger partial charge in [0.1, 0.15) is 5.82 Å². The quantitative estimate of drug-likeness (QED) is 0.907. The molecule has 1 aromatic heterocycles. The SMILES string of the molecule is CCOC(=O)Nc1nc2n(n1)C(c1ccc(O)c(F)c1)CCC2. The Hall–Kier alpha value is -2.64. The highest BCUT2D eigenvalue weighted by Gasteiger charge is 2.25. The van der Waals surface area contributed by atoms with E-state index in [4.69, 9.17) is 4.74 Å². The minimum Gasteiger partial charge on any atom is -0.505 e. The van der Waals surface area contributed by atoms with E-state index in [2.05, 4.69) is 15.4 Å². The molecule has 2 heterocycles. The van der Waals surface area contributed by atoms with Gasteiger partial charge in [-0.2, -0.15) is 4.98 Å². The molecule has 1 atom stereocenters. The Morgan fingerprint density at radius 2 is 2.39 bits per heavy atom. The van der Waals surface area contributed by atoms with Crippen LogP contribution in [0.4, 0.5) is 15.1 Å². The molecule has 23 heavy (non-hydrogen) atoms. The molecule has 1 aromatic carbocycles. The predicted octanol–water partition coefficient (Wildman–Crippen LogP) is 2.62. The molecule has 2 aromatic rings. The van der Waals surface area contributed by atoms with Gasteiger partial charge in [0.15, 0.2) is 11.6 Å². The number of hydrogen-bond acceptors (Lipinski definition) is 5. The van der Waals surface area contributed by atoms with Crippen LogP contribution in [0.1, 0.15) is 37.2 Å². The van der Waals surface area contributed by atoms with E-state index < -0.39 is 11.9 Å². The van der Waals surface area contributed by atoms with Crippen molar-refractivity contribution in [1.29, 1.82) is 0 Å². The van der Waals surface area contributed by atoms with Gasteiger partial charge in [0.05, 0.1) is 12.6 Å². The monoisotopic (exact) mass is 320 g/mol. The van der Waals surface area contributed by atoms with Crippen molar-refractivity contribution >= 4 is 12.0 Å². The highest BCUT2D eigenvalue weighted by molar-refractivity contribution is 5.82. The lowest BCUT2D eigenvalue weighted by atomic mass is 9.97. The van der Waals surface area contributed by atoms with Gasteiger partial charge in [0.2, 0.25) is 0 Å². The maximum absolute atomic E-state index is 13.6. The first-order valence-electron chi connectivity index (χ1n) is 7.46. The van der Waals surface area contributed by atoms with E-state index in [1.807, 2.05) is 0 Å². The van der Waals surface area contributed by atoms with Crippen LogP contribution in [-0.2, 0) is 11.2 Å². The van der Waals surface area contributed by atoms with E-state index in [1.54, 1.807) is 17.7 Å². The standard InChI is InChI=1S/C15H17FN4O3/c1-2-23-15(22)18-14-17-13-5-3-4-11(20(13)19-14)9-6-7-12(21)10(16)8-9/h6-8,11,21H,2-5H2,1H3,(H,18,19,22). The molecule has 0 bridgehead atoms. The van der Waals surface area contributed by atoms with Crippen molar-refractivity contribution in [3.63, 3.8) is 0 Å². The van der Waals surface area contributed by atoms with Crippen LogP contribution in [0.5, 0.6) is 5.75 Å². The van der Waals surface area contributed by atoms with E-state index in [0.717, 1.165) is 25.1 Å². The summed E-state index contributed by atoms with van der Waals surface area (Å²) in [5, 5.41) is 16.1. The number of carbonyl (C=O) groups is 1. The minimum absolute atomic E-state index is 0.171. The van der Waals surface area contributed by atoms with Crippen LogP contribution in [0.2, 0.25) is 0 Å². The van der Waals surface area contributed by atoms with Gasteiger partial charge in [-0.05, 0) is 37.5 Å². The molecule has 0 fully saturated rings. The molecule has 0 spiro atoms. The maximum atomic E-state index is 13.6. The van der Waals surface area contributed by atoms with Crippen molar-refractivity contribution in [2.45, 2.75) is 32.2 Å². The van der Waals surface area contributed by atoms with Gasteiger partial charge in [-0.25, -0.2) is 13.9 Å². The summed E-state index contributed by atoms with van der Waals surface area (Å²) < 4.78 is 20.1. The van der Waals surface area contributed by atoms with Crippen molar-refractivity contribution < 1.29 is 19.0 Å². The first-order valence-corrected chi connectivity index (χ1v) is 7.46. The van der Waals surface area contributed by atoms with E-state index in [0.29, 0.717) is 5.56 Å². The lowest BCUT2D eigenvalue weighted by Crippen LogP contribution is -2.20. The van der Waals surface area contributed by atoms with Crippen LogP contribution in [0.25, 0.3) is 0 Å². The molecule has 0 saturated heterocycles. The highest BCUT2D eigenvalue weighted by Crippen LogP contribution is 2.31. The summed E-state index contributed by atoms with van der Waals surface area (Å²) >= 11 is 0. The van der Waals surface area contributed by atoms with Gasteiger partial charge in [-0.3, -0.25) is 5.32 Å². The van der Waals surface area contributed by atoms with Crippen molar-refractivity contribution in [1.82, 2.24) is 14.8 Å². The number of aryl methyl sites for hydroxylation is 1. The second kappa shape index (κ2) is 6.23. The molecule has 0 saturated carbocycles. The van der Waals surface area contributed by atoms with Gasteiger partial charge < -0.3 is 9.84 Å². The van der Waals surface area contributed by atoms with Crippen LogP contribution in [0.3, 0.4) is 0 Å². The normalized spacial score (nSPS) is 16.7. The van der Waals surface area contributed by atoms with Crippen LogP contribution >= 0.6 is 0 Å². The number of amides is 1. The van der Waals surface area contributed by atoms with Gasteiger partial charge in [-0.1, -0.05) is 6.07 Å². The Morgan fingerprint density at radius 3 is 3.13 bits per heavy atom. The average molecular weight is 320 g/mol. The van der Waals surface area contributed by atoms with Gasteiger partial charge >= 0.3 is 6.09 Å². The first kappa shape index (κ1) is 15.3. The molecule has 7 nitrogen and oxygen atoms in total. The molecule has 1 aliphatic heterocycles. The Kier molecular flexibility index (Phi) is 4.14. The van der Waals surface area contributed by atoms with Crippen molar-refractivity contribution in [2.24, 2.45) is 0 Å². The number of fused-ring (bicyclic) bond motifs is 1. The zero-order chi connectivity index (χ0) is 16.4. The smallest absolute Gasteiger partial charge is 0.414 e. The summed E-state index contributed by atoms with van der Waals surface area (Å²) in [5.41, 5.74) is 0.703. The lowest BCUT2D eigenvalue weighted by molar-refractivity contribution is 0.167. The number of nitrogens with zero attached hydrogens (tertiary/aromatic N) is 3. The van der Waals surface area contributed by atoms with E-state index in [9.17, 15) is 14.3 Å². The first-order chi connectivity index (χ1) is 11.1. The Labute approximate surface area is 132 Å². The molecule has 0 radical (unpaired) electrons. The molecule has 1 amide bonds. The number of rotatable bonds is 3. The molecule has 3 rings (SSSR count). The largest absolute Gasteiger partial charge is 0.505 e. The molecule has 0 aliphatic carbocycles. The average Bonchev–Trinajstić information content (AvgIpc) is 2.92. The predicted molar refractivity (Wildman–Crippen MR) is 79.8 cm³/mol. The number of phenols is 1. The Morgan fingerprint density at radius 1 is 1.57 bits per heavy atom. The molecule has 2 N–H and O–H groups in total. The van der Waals surface area contributed by atoms with Gasteiger partial charge in [0, 0.05) is 6.42 Å². The Bertz CT molecular complexity index is 732. The summed E-state index contributed by atoms with van der Waals surface area (Å²) in [4.78, 5) is 15.7. The van der Waals surface area contributed by atoms with Crippen molar-refractivity contribution in [2.75, 3.05) is 11.9 Å². The van der Waals surface area contributed by atoms with Crippen LogP contribution < -0.4 is 5.32 Å². The lowest BCUT2D eigenvalue weighted by Gasteiger charge is -2.23. The topological polar surface area (TPSA) is 89.3 Å². The summed E-state index contributed by atoms with van der Waals surface area (Å²) in [5.74, 6) is -0.154. The number of ether oxygens (including phenoxy) is 1. The molecule has 1 unspecified atom stereocenters. The number of benzene rings is 1. The van der Waals surface area contributed by atoms with E-state index >= 15 is 0 Å². The zero-order valence-corrected chi connectivity index (χ0v) is 12.6. The van der Waals surface area contributed by atoms with E-state index in [-0.39, 0.29) is 24.3 Å². The third-order valence-corrected chi connectivity index (χ3v) is 3.72. The number of hydrogen-bond donors (Lipinski definition) is 2. The maximum Gasteiger partial charge on any atom is 0.414 e. The summed E-state index contributed by atoms with van der Waals surface area (Å²) in [6.45, 7) is 1.97. The van der Waals surface area contributed by atoms with Crippen molar-refractivity contribution in [3.05, 3.63) is 35.4 Å². The second-order valence-corrected chi connectivity index (χ2v) is 5.26. The zero-order valence-electron chi connectivity index (χ0n) is 12.6. The van der Waals surface area contributed by atoms with Crippen LogP contribution in [-0.4, -0.2) is 32.6 Å². The summed E-state index contributed by atoms with van der Waals surface area (Å²) in [6, 6.07) is 4.11. The Balaban J connectivity index is 1.88. The van der Waals surface area contributed by atoms with E-state index in [1.165, 1.54) is 12.1 Å². The van der Waals surface area contributed by atoms with Crippen molar-refractivity contribution in [3.8, 4) is 5.75 Å². The number of nitrogens with one attached hydrogen (secondary N) is 1. The summed E-state index contributed by atoms with van der Waals surface area (Å²) in [6.07, 6.45) is 1.78. The third kappa shape index (κ3) is 3.10. The number of aromatic nitrogens is 3. The fourth-order valence-electron chi connectivity index (χ4n) is 2.70. The number of anilines is 1. The minimum atomic E-state index is -0.667. The fraction of sp³-hybridized carbons (Fsp3) is 0.400. The fourth-order valence-corrected chi connectivity index (χ4v) is 2.70. The molecule has 1 aliphatic rings. The van der Waals surface area contributed by atoms with Gasteiger partial charge in [-0.15, -0.1) is 5.10 Å². The van der Waals surface area contributed by atoms with Gasteiger partial charge in [0.25, 0.3) is 5.95 Å².